The molecule has 0 saturated carbocycles. The molecule has 8 nitrogen and oxygen atoms in total. The number of nitrogens with one attached hydrogen (secondary N) is 1. The molecule has 0 spiro atoms. The number of alkyl halides is 6. The van der Waals surface area contributed by atoms with Crippen LogP contribution >= 0.6 is 0 Å². The number of sulfone groups is 1. The third-order valence-corrected chi connectivity index (χ3v) is 6.61. The van der Waals surface area contributed by atoms with Crippen LogP contribution in [0.4, 0.5) is 37.7 Å². The van der Waals surface area contributed by atoms with E-state index in [1.54, 1.807) is 6.07 Å². The quantitative estimate of drug-likeness (QED) is 0.545. The van der Waals surface area contributed by atoms with Crippen molar-refractivity contribution in [3.05, 3.63) is 23.8 Å². The van der Waals surface area contributed by atoms with Crippen molar-refractivity contribution in [2.75, 3.05) is 41.9 Å². The van der Waals surface area contributed by atoms with Crippen LogP contribution in [-0.2, 0) is 25.6 Å². The van der Waals surface area contributed by atoms with Crippen molar-refractivity contribution in [3.63, 3.8) is 0 Å². The number of halogens is 6. The zero-order chi connectivity index (χ0) is 27.5. The molecule has 1 aromatic rings. The predicted molar refractivity (Wildman–Crippen MR) is 119 cm³/mol. The molecule has 0 radical (unpaired) electrons. The van der Waals surface area contributed by atoms with Gasteiger partial charge in [0.2, 0.25) is 5.91 Å². The van der Waals surface area contributed by atoms with Crippen LogP contribution in [0.25, 0.3) is 0 Å². The van der Waals surface area contributed by atoms with Crippen molar-refractivity contribution in [2.24, 2.45) is 0 Å². The van der Waals surface area contributed by atoms with Crippen LogP contribution in [0.3, 0.4) is 0 Å². The van der Waals surface area contributed by atoms with E-state index >= 15 is 0 Å². The highest BCUT2D eigenvalue weighted by atomic mass is 32.2. The second-order valence-electron chi connectivity index (χ2n) is 8.77. The molecule has 2 fully saturated rings. The molecule has 2 atom stereocenters. The summed E-state index contributed by atoms with van der Waals surface area (Å²) in [5, 5.41) is 9.21. The van der Waals surface area contributed by atoms with Crippen LogP contribution < -0.4 is 10.2 Å². The molecule has 0 aliphatic carbocycles. The number of nitrogens with zero attached hydrogens (tertiary/aromatic N) is 2. The first-order valence-corrected chi connectivity index (χ1v) is 12.9. The van der Waals surface area contributed by atoms with Gasteiger partial charge in [0.15, 0.2) is 9.84 Å². The van der Waals surface area contributed by atoms with Crippen molar-refractivity contribution < 1.29 is 49.5 Å². The third-order valence-electron chi connectivity index (χ3n) is 5.82. The summed E-state index contributed by atoms with van der Waals surface area (Å²) < 4.78 is 94.9. The standard InChI is InChI=1S/C19H26F3N3O3S.C2HF3O2/c1-13-4-3-8-25(13)15-7-9-24(11-15)14-5-6-17(16(10-14)19(20,21)22)23-18(26)12-29(2,27)28;3-2(4,5)1(6)7/h5-6,10,13,15H,3-4,7-9,11-12H2,1-2H3,(H,23,26);(H,6,7). The van der Waals surface area contributed by atoms with Gasteiger partial charge in [0.1, 0.15) is 5.75 Å². The van der Waals surface area contributed by atoms with E-state index in [0.29, 0.717) is 30.9 Å². The number of carboxylic acids is 1. The number of carbonyl (C=O) groups is 2. The first-order chi connectivity index (χ1) is 16.4. The second kappa shape index (κ2) is 11.2. The van der Waals surface area contributed by atoms with Crippen LogP contribution in [0.2, 0.25) is 0 Å². The second-order valence-corrected chi connectivity index (χ2v) is 10.9. The van der Waals surface area contributed by atoms with Gasteiger partial charge in [0.05, 0.1) is 11.3 Å². The Kier molecular flexibility index (Phi) is 9.26. The van der Waals surface area contributed by atoms with E-state index in [2.05, 4.69) is 17.1 Å². The monoisotopic (exact) mass is 547 g/mol. The number of aliphatic carboxylic acids is 1. The van der Waals surface area contributed by atoms with E-state index < -0.39 is 51.1 Å². The van der Waals surface area contributed by atoms with Gasteiger partial charge < -0.3 is 15.3 Å². The largest absolute Gasteiger partial charge is 0.490 e. The molecule has 1 amide bonds. The lowest BCUT2D eigenvalue weighted by atomic mass is 10.1. The minimum Gasteiger partial charge on any atom is -0.475 e. The van der Waals surface area contributed by atoms with Gasteiger partial charge in [-0.25, -0.2) is 13.2 Å². The maximum absolute atomic E-state index is 13.6. The highest BCUT2D eigenvalue weighted by Gasteiger charge is 2.38. The molecule has 204 valence electrons. The van der Waals surface area contributed by atoms with E-state index in [1.165, 1.54) is 6.07 Å². The van der Waals surface area contributed by atoms with Crippen LogP contribution in [0.5, 0.6) is 0 Å². The number of hydrogen-bond donors (Lipinski definition) is 2. The molecule has 2 N–H and O–H groups in total. The number of hydrogen-bond acceptors (Lipinski definition) is 6. The van der Waals surface area contributed by atoms with Crippen LogP contribution in [-0.4, -0.2) is 80.2 Å². The number of carboxylic acid groups (broad SMARTS) is 1. The highest BCUT2D eigenvalue weighted by Crippen LogP contribution is 2.38. The lowest BCUT2D eigenvalue weighted by Crippen LogP contribution is -2.39. The van der Waals surface area contributed by atoms with Gasteiger partial charge in [0.25, 0.3) is 0 Å². The molecule has 1 aromatic carbocycles. The third kappa shape index (κ3) is 8.54. The molecule has 0 aromatic heterocycles. The molecule has 2 aliphatic heterocycles. The number of amides is 1. The number of rotatable bonds is 5. The summed E-state index contributed by atoms with van der Waals surface area (Å²) in [7, 11) is -3.64. The summed E-state index contributed by atoms with van der Waals surface area (Å²) in [5.41, 5.74) is -0.957. The van der Waals surface area contributed by atoms with Crippen molar-refractivity contribution in [1.82, 2.24) is 4.90 Å². The Morgan fingerprint density at radius 3 is 2.19 bits per heavy atom. The molecule has 2 heterocycles. The van der Waals surface area contributed by atoms with E-state index in [0.717, 1.165) is 38.1 Å². The van der Waals surface area contributed by atoms with Crippen molar-refractivity contribution in [3.8, 4) is 0 Å². The van der Waals surface area contributed by atoms with Crippen LogP contribution in [0, 0.1) is 0 Å². The Morgan fingerprint density at radius 2 is 1.72 bits per heavy atom. The summed E-state index contributed by atoms with van der Waals surface area (Å²) in [6.07, 6.45) is -5.70. The fourth-order valence-corrected chi connectivity index (χ4v) is 4.79. The number of anilines is 2. The number of likely N-dealkylation sites (tertiary alicyclic amines) is 1. The molecular weight excluding hydrogens is 520 g/mol. The van der Waals surface area contributed by atoms with Gasteiger partial charge >= 0.3 is 18.3 Å². The molecule has 2 saturated heterocycles. The topological polar surface area (TPSA) is 107 Å². The normalized spacial score (nSPS) is 21.2. The maximum Gasteiger partial charge on any atom is 0.490 e. The Bertz CT molecular complexity index is 1060. The maximum atomic E-state index is 13.6. The number of benzene rings is 1. The summed E-state index contributed by atoms with van der Waals surface area (Å²) in [6, 6.07) is 4.60. The summed E-state index contributed by atoms with van der Waals surface area (Å²) in [5.74, 6) is -4.61. The van der Waals surface area contributed by atoms with Crippen LogP contribution in [0.1, 0.15) is 31.7 Å². The molecule has 36 heavy (non-hydrogen) atoms. The zero-order valence-corrected chi connectivity index (χ0v) is 20.3. The Hall–Kier alpha value is -2.55. The smallest absolute Gasteiger partial charge is 0.475 e. The van der Waals surface area contributed by atoms with Gasteiger partial charge in [-0.05, 0) is 50.9 Å². The fraction of sp³-hybridized carbons (Fsp3) is 0.619. The summed E-state index contributed by atoms with van der Waals surface area (Å²) in [6.45, 7) is 4.55. The lowest BCUT2D eigenvalue weighted by molar-refractivity contribution is -0.192. The summed E-state index contributed by atoms with van der Waals surface area (Å²) >= 11 is 0. The van der Waals surface area contributed by atoms with Gasteiger partial charge in [-0.15, -0.1) is 0 Å². The number of carbonyl (C=O) groups excluding carboxylic acids is 1. The molecule has 3 rings (SSSR count). The minimum absolute atomic E-state index is 0.330. The minimum atomic E-state index is -5.08. The zero-order valence-electron chi connectivity index (χ0n) is 19.5. The van der Waals surface area contributed by atoms with Gasteiger partial charge in [-0.3, -0.25) is 9.69 Å². The highest BCUT2D eigenvalue weighted by molar-refractivity contribution is 7.91. The van der Waals surface area contributed by atoms with E-state index in [-0.39, 0.29) is 0 Å². The average Bonchev–Trinajstić information content (AvgIpc) is 3.34. The Labute approximate surface area is 204 Å². The van der Waals surface area contributed by atoms with Gasteiger partial charge in [-0.1, -0.05) is 0 Å². The molecular formula is C21H27F6N3O5S. The van der Waals surface area contributed by atoms with Gasteiger partial charge in [0, 0.05) is 37.1 Å². The lowest BCUT2D eigenvalue weighted by Gasteiger charge is -2.29. The van der Waals surface area contributed by atoms with Crippen molar-refractivity contribution in [1.29, 1.82) is 0 Å². The summed E-state index contributed by atoms with van der Waals surface area (Å²) in [4.78, 5) is 25.1. The Morgan fingerprint density at radius 1 is 1.11 bits per heavy atom. The Balaban J connectivity index is 0.000000572. The molecule has 2 aliphatic rings. The van der Waals surface area contributed by atoms with Gasteiger partial charge in [-0.2, -0.15) is 26.3 Å². The van der Waals surface area contributed by atoms with Crippen molar-refractivity contribution >= 4 is 33.1 Å². The first kappa shape index (κ1) is 29.7. The average molecular weight is 548 g/mol. The molecule has 15 heteroatoms. The predicted octanol–water partition coefficient (Wildman–Crippen LogP) is 3.38. The van der Waals surface area contributed by atoms with E-state index in [9.17, 15) is 39.6 Å². The molecule has 2 unspecified atom stereocenters. The fourth-order valence-electron chi connectivity index (χ4n) is 4.24. The SMILES string of the molecule is CC1CCCN1C1CCN(c2ccc(NC(=O)CS(C)(=O)=O)c(C(F)(F)F)c2)C1.O=C(O)C(F)(F)F. The molecule has 0 bridgehead atoms. The van der Waals surface area contributed by atoms with E-state index in [1.807, 2.05) is 4.90 Å². The van der Waals surface area contributed by atoms with E-state index in [4.69, 9.17) is 9.90 Å². The first-order valence-electron chi connectivity index (χ1n) is 10.9. The van der Waals surface area contributed by atoms with Crippen molar-refractivity contribution in [2.45, 2.75) is 50.6 Å². The van der Waals surface area contributed by atoms with Crippen LogP contribution in [0.15, 0.2) is 18.2 Å².